The molecule has 2 rings (SSSR count). The lowest BCUT2D eigenvalue weighted by atomic mass is 10.2. The quantitative estimate of drug-likeness (QED) is 0.452. The van der Waals surface area contributed by atoms with Crippen molar-refractivity contribution < 1.29 is 4.92 Å². The Labute approximate surface area is 120 Å². The van der Waals surface area contributed by atoms with E-state index in [1.807, 2.05) is 35.7 Å². The minimum Gasteiger partial charge on any atom is -0.258 e. The number of rotatable bonds is 4. The van der Waals surface area contributed by atoms with Crippen LogP contribution in [0.25, 0.3) is 6.08 Å². The second-order valence-corrected chi connectivity index (χ2v) is 5.14. The second kappa shape index (κ2) is 6.41. The number of benzene rings is 2. The summed E-state index contributed by atoms with van der Waals surface area (Å²) >= 11 is 7.30. The SMILES string of the molecule is O=[N+]([O-])c1ccc(S/C=C/c2ccc(Cl)cc2)cc1. The van der Waals surface area contributed by atoms with Crippen LogP contribution in [0.5, 0.6) is 0 Å². The van der Waals surface area contributed by atoms with E-state index in [0.29, 0.717) is 5.02 Å². The largest absolute Gasteiger partial charge is 0.269 e. The van der Waals surface area contributed by atoms with Crippen LogP contribution in [0, 0.1) is 10.1 Å². The van der Waals surface area contributed by atoms with Crippen molar-refractivity contribution in [3.05, 3.63) is 74.6 Å². The molecule has 0 aliphatic rings. The van der Waals surface area contributed by atoms with Crippen molar-refractivity contribution in [2.75, 3.05) is 0 Å². The molecule has 2 aromatic rings. The molecule has 0 aliphatic carbocycles. The molecule has 0 aliphatic heterocycles. The Morgan fingerprint density at radius 2 is 1.68 bits per heavy atom. The molecule has 0 N–H and O–H groups in total. The summed E-state index contributed by atoms with van der Waals surface area (Å²) in [5.41, 5.74) is 1.16. The van der Waals surface area contributed by atoms with Gasteiger partial charge >= 0.3 is 0 Å². The second-order valence-electron chi connectivity index (χ2n) is 3.72. The average molecular weight is 292 g/mol. The van der Waals surface area contributed by atoms with Crippen molar-refractivity contribution in [3.63, 3.8) is 0 Å². The van der Waals surface area contributed by atoms with Gasteiger partial charge in [0, 0.05) is 22.1 Å². The smallest absolute Gasteiger partial charge is 0.258 e. The van der Waals surface area contributed by atoms with E-state index >= 15 is 0 Å². The summed E-state index contributed by atoms with van der Waals surface area (Å²) in [5.74, 6) is 0. The van der Waals surface area contributed by atoms with Gasteiger partial charge in [0.1, 0.15) is 0 Å². The van der Waals surface area contributed by atoms with Gasteiger partial charge in [-0.05, 0) is 41.3 Å². The van der Waals surface area contributed by atoms with Crippen molar-refractivity contribution in [1.82, 2.24) is 0 Å². The van der Waals surface area contributed by atoms with Crippen LogP contribution >= 0.6 is 23.4 Å². The van der Waals surface area contributed by atoms with Crippen LogP contribution in [-0.4, -0.2) is 4.92 Å². The van der Waals surface area contributed by atoms with Crippen LogP contribution in [0.4, 0.5) is 5.69 Å². The predicted octanol–water partition coefficient (Wildman–Crippen LogP) is 5.01. The maximum absolute atomic E-state index is 10.5. The van der Waals surface area contributed by atoms with Gasteiger partial charge in [0.2, 0.25) is 0 Å². The minimum absolute atomic E-state index is 0.103. The Hall–Kier alpha value is -1.78. The molecule has 0 fully saturated rings. The molecule has 5 heteroatoms. The number of halogens is 1. The van der Waals surface area contributed by atoms with Crippen LogP contribution in [0.15, 0.2) is 58.8 Å². The molecule has 0 spiro atoms. The Balaban J connectivity index is 1.98. The zero-order valence-corrected chi connectivity index (χ0v) is 11.4. The molecule has 0 heterocycles. The first-order valence-corrected chi connectivity index (χ1v) is 6.74. The van der Waals surface area contributed by atoms with E-state index in [-0.39, 0.29) is 5.69 Å². The highest BCUT2D eigenvalue weighted by Crippen LogP contribution is 2.23. The summed E-state index contributed by atoms with van der Waals surface area (Å²) in [6, 6.07) is 14.0. The number of nitrogens with zero attached hydrogens (tertiary/aromatic N) is 1. The van der Waals surface area contributed by atoms with Crippen molar-refractivity contribution in [2.24, 2.45) is 0 Å². The van der Waals surface area contributed by atoms with Gasteiger partial charge in [-0.2, -0.15) is 0 Å². The van der Waals surface area contributed by atoms with E-state index in [1.165, 1.54) is 23.9 Å². The fraction of sp³-hybridized carbons (Fsp3) is 0. The maximum atomic E-state index is 10.5. The number of hydrogen-bond donors (Lipinski definition) is 0. The molecule has 0 amide bonds. The summed E-state index contributed by atoms with van der Waals surface area (Å²) in [6.45, 7) is 0. The van der Waals surface area contributed by atoms with Crippen molar-refractivity contribution in [3.8, 4) is 0 Å². The van der Waals surface area contributed by atoms with Gasteiger partial charge in [0.25, 0.3) is 5.69 Å². The third-order valence-corrected chi connectivity index (χ3v) is 3.45. The van der Waals surface area contributed by atoms with Gasteiger partial charge in [-0.15, -0.1) is 0 Å². The molecule has 3 nitrogen and oxygen atoms in total. The Morgan fingerprint density at radius 3 is 2.26 bits per heavy atom. The first-order chi connectivity index (χ1) is 9.15. The van der Waals surface area contributed by atoms with E-state index in [1.54, 1.807) is 12.1 Å². The Bertz CT molecular complexity index is 594. The summed E-state index contributed by atoms with van der Waals surface area (Å²) in [7, 11) is 0. The maximum Gasteiger partial charge on any atom is 0.269 e. The zero-order chi connectivity index (χ0) is 13.7. The van der Waals surface area contributed by atoms with E-state index in [9.17, 15) is 10.1 Å². The minimum atomic E-state index is -0.405. The third kappa shape index (κ3) is 4.12. The molecule has 0 radical (unpaired) electrons. The van der Waals surface area contributed by atoms with Crippen molar-refractivity contribution in [1.29, 1.82) is 0 Å². The lowest BCUT2D eigenvalue weighted by Gasteiger charge is -1.96. The number of nitro benzene ring substituents is 1. The summed E-state index contributed by atoms with van der Waals surface area (Å²) in [5, 5.41) is 13.2. The van der Waals surface area contributed by atoms with Gasteiger partial charge in [-0.1, -0.05) is 35.5 Å². The molecule has 0 saturated carbocycles. The number of thioether (sulfide) groups is 1. The fourth-order valence-electron chi connectivity index (χ4n) is 1.41. The zero-order valence-electron chi connectivity index (χ0n) is 9.82. The molecule has 0 saturated heterocycles. The molecule has 0 atom stereocenters. The van der Waals surface area contributed by atoms with Gasteiger partial charge in [0.05, 0.1) is 4.92 Å². The number of nitro groups is 1. The van der Waals surface area contributed by atoms with Crippen molar-refractivity contribution >= 4 is 35.1 Å². The third-order valence-electron chi connectivity index (χ3n) is 2.38. The van der Waals surface area contributed by atoms with Gasteiger partial charge in [-0.25, -0.2) is 0 Å². The molecule has 19 heavy (non-hydrogen) atoms. The molecular formula is C14H10ClNO2S. The first-order valence-electron chi connectivity index (χ1n) is 5.48. The highest BCUT2D eigenvalue weighted by atomic mass is 35.5. The van der Waals surface area contributed by atoms with Crippen LogP contribution in [-0.2, 0) is 0 Å². The topological polar surface area (TPSA) is 43.1 Å². The van der Waals surface area contributed by atoms with Crippen LogP contribution in [0.2, 0.25) is 5.02 Å². The average Bonchev–Trinajstić information content (AvgIpc) is 2.41. The Kier molecular flexibility index (Phi) is 4.60. The highest BCUT2D eigenvalue weighted by Gasteiger charge is 2.02. The van der Waals surface area contributed by atoms with Gasteiger partial charge in [0.15, 0.2) is 0 Å². The predicted molar refractivity (Wildman–Crippen MR) is 79.4 cm³/mol. The lowest BCUT2D eigenvalue weighted by Crippen LogP contribution is -1.86. The normalized spacial score (nSPS) is 10.8. The monoisotopic (exact) mass is 291 g/mol. The van der Waals surface area contributed by atoms with E-state index in [0.717, 1.165) is 10.5 Å². The van der Waals surface area contributed by atoms with Crippen LogP contribution < -0.4 is 0 Å². The standard InChI is InChI=1S/C14H10ClNO2S/c15-12-3-1-11(2-4-12)9-10-19-14-7-5-13(6-8-14)16(17)18/h1-10H/b10-9+. The summed E-state index contributed by atoms with van der Waals surface area (Å²) in [4.78, 5) is 11.1. The lowest BCUT2D eigenvalue weighted by molar-refractivity contribution is -0.384. The van der Waals surface area contributed by atoms with Crippen molar-refractivity contribution in [2.45, 2.75) is 4.90 Å². The Morgan fingerprint density at radius 1 is 1.05 bits per heavy atom. The van der Waals surface area contributed by atoms with Gasteiger partial charge < -0.3 is 0 Å². The number of non-ortho nitro benzene ring substituents is 1. The summed E-state index contributed by atoms with van der Waals surface area (Å²) < 4.78 is 0. The van der Waals surface area contributed by atoms with E-state index in [4.69, 9.17) is 11.6 Å². The molecule has 0 aromatic heterocycles. The van der Waals surface area contributed by atoms with Gasteiger partial charge in [-0.3, -0.25) is 10.1 Å². The highest BCUT2D eigenvalue weighted by molar-refractivity contribution is 8.02. The van der Waals surface area contributed by atoms with E-state index < -0.39 is 4.92 Å². The summed E-state index contributed by atoms with van der Waals surface area (Å²) in [6.07, 6.45) is 1.96. The molecule has 0 unspecified atom stereocenters. The first kappa shape index (κ1) is 13.6. The van der Waals surface area contributed by atoms with Crippen LogP contribution in [0.3, 0.4) is 0 Å². The molecule has 96 valence electrons. The molecule has 2 aromatic carbocycles. The molecule has 0 bridgehead atoms. The fourth-order valence-corrected chi connectivity index (χ4v) is 2.21. The number of hydrogen-bond acceptors (Lipinski definition) is 3. The van der Waals surface area contributed by atoms with E-state index in [2.05, 4.69) is 0 Å². The van der Waals surface area contributed by atoms with Crippen LogP contribution in [0.1, 0.15) is 5.56 Å². The molecular weight excluding hydrogens is 282 g/mol.